The van der Waals surface area contributed by atoms with Crippen LogP contribution in [0.1, 0.15) is 16.3 Å². The molecule has 0 radical (unpaired) electrons. The SMILES string of the molecule is COc1cc(OC)cc(OCc2ccc(C=O)o2)c1. The molecule has 2 rings (SSSR count). The summed E-state index contributed by atoms with van der Waals surface area (Å²) in [6, 6.07) is 8.53. The molecule has 0 atom stereocenters. The van der Waals surface area contributed by atoms with Gasteiger partial charge >= 0.3 is 0 Å². The highest BCUT2D eigenvalue weighted by Crippen LogP contribution is 2.28. The van der Waals surface area contributed by atoms with E-state index in [-0.39, 0.29) is 12.4 Å². The van der Waals surface area contributed by atoms with Gasteiger partial charge in [-0.2, -0.15) is 0 Å². The summed E-state index contributed by atoms with van der Waals surface area (Å²) >= 11 is 0. The monoisotopic (exact) mass is 262 g/mol. The van der Waals surface area contributed by atoms with E-state index in [1.54, 1.807) is 44.6 Å². The van der Waals surface area contributed by atoms with Gasteiger partial charge in [-0.15, -0.1) is 0 Å². The van der Waals surface area contributed by atoms with Crippen molar-refractivity contribution < 1.29 is 23.4 Å². The van der Waals surface area contributed by atoms with E-state index in [0.717, 1.165) is 0 Å². The molecule has 0 bridgehead atoms. The van der Waals surface area contributed by atoms with Crippen molar-refractivity contribution in [2.75, 3.05) is 14.2 Å². The lowest BCUT2D eigenvalue weighted by molar-refractivity contribution is 0.109. The Balaban J connectivity index is 2.07. The molecular formula is C14H14O5. The maximum atomic E-state index is 10.5. The smallest absolute Gasteiger partial charge is 0.185 e. The van der Waals surface area contributed by atoms with Crippen LogP contribution >= 0.6 is 0 Å². The lowest BCUT2D eigenvalue weighted by Gasteiger charge is -2.09. The molecule has 1 aromatic heterocycles. The number of aldehydes is 1. The molecule has 5 heteroatoms. The van der Waals surface area contributed by atoms with Crippen LogP contribution in [0.3, 0.4) is 0 Å². The van der Waals surface area contributed by atoms with Gasteiger partial charge in [-0.05, 0) is 12.1 Å². The summed E-state index contributed by atoms with van der Waals surface area (Å²) in [6.07, 6.45) is 0.651. The molecule has 5 nitrogen and oxygen atoms in total. The van der Waals surface area contributed by atoms with Crippen LogP contribution in [0.15, 0.2) is 34.7 Å². The zero-order chi connectivity index (χ0) is 13.7. The Morgan fingerprint density at radius 1 is 1.05 bits per heavy atom. The van der Waals surface area contributed by atoms with Gasteiger partial charge in [0.1, 0.15) is 29.6 Å². The van der Waals surface area contributed by atoms with Crippen molar-refractivity contribution in [2.24, 2.45) is 0 Å². The second-order valence-corrected chi connectivity index (χ2v) is 3.76. The van der Waals surface area contributed by atoms with E-state index >= 15 is 0 Å². The number of hydrogen-bond acceptors (Lipinski definition) is 5. The van der Waals surface area contributed by atoms with Gasteiger partial charge in [-0.3, -0.25) is 4.79 Å². The normalized spacial score (nSPS) is 10.0. The summed E-state index contributed by atoms with van der Waals surface area (Å²) in [5, 5.41) is 0. The van der Waals surface area contributed by atoms with Crippen molar-refractivity contribution in [2.45, 2.75) is 6.61 Å². The number of furan rings is 1. The minimum absolute atomic E-state index is 0.226. The fourth-order valence-corrected chi connectivity index (χ4v) is 1.55. The van der Waals surface area contributed by atoms with Crippen LogP contribution in [0.2, 0.25) is 0 Å². The summed E-state index contributed by atoms with van der Waals surface area (Å²) in [5.41, 5.74) is 0. The van der Waals surface area contributed by atoms with Crippen molar-refractivity contribution in [3.63, 3.8) is 0 Å². The molecule has 1 aromatic carbocycles. The largest absolute Gasteiger partial charge is 0.496 e. The number of carbonyl (C=O) groups excluding carboxylic acids is 1. The summed E-state index contributed by atoms with van der Waals surface area (Å²) in [6.45, 7) is 0.226. The number of benzene rings is 1. The highest BCUT2D eigenvalue weighted by atomic mass is 16.5. The first kappa shape index (κ1) is 13.0. The molecule has 100 valence electrons. The lowest BCUT2D eigenvalue weighted by Crippen LogP contribution is -1.95. The first-order chi connectivity index (χ1) is 9.25. The average Bonchev–Trinajstić information content (AvgIpc) is 2.92. The van der Waals surface area contributed by atoms with E-state index in [1.807, 2.05) is 0 Å². The number of methoxy groups -OCH3 is 2. The van der Waals surface area contributed by atoms with Crippen molar-refractivity contribution in [1.29, 1.82) is 0 Å². The van der Waals surface area contributed by atoms with Crippen LogP contribution in [0.25, 0.3) is 0 Å². The van der Waals surface area contributed by atoms with Crippen molar-refractivity contribution in [3.8, 4) is 17.2 Å². The quantitative estimate of drug-likeness (QED) is 0.749. The molecule has 19 heavy (non-hydrogen) atoms. The minimum atomic E-state index is 0.226. The third kappa shape index (κ3) is 3.28. The first-order valence-corrected chi connectivity index (χ1v) is 5.65. The van der Waals surface area contributed by atoms with E-state index in [9.17, 15) is 4.79 Å². The van der Waals surface area contributed by atoms with E-state index in [0.29, 0.717) is 29.3 Å². The molecule has 0 aliphatic rings. The van der Waals surface area contributed by atoms with E-state index in [4.69, 9.17) is 18.6 Å². The minimum Gasteiger partial charge on any atom is -0.496 e. The average molecular weight is 262 g/mol. The van der Waals surface area contributed by atoms with Crippen molar-refractivity contribution in [1.82, 2.24) is 0 Å². The van der Waals surface area contributed by atoms with Crippen LogP contribution in [-0.2, 0) is 6.61 Å². The molecule has 0 saturated heterocycles. The highest BCUT2D eigenvalue weighted by molar-refractivity contribution is 5.70. The summed E-state index contributed by atoms with van der Waals surface area (Å²) in [7, 11) is 3.14. The highest BCUT2D eigenvalue weighted by Gasteiger charge is 2.05. The summed E-state index contributed by atoms with van der Waals surface area (Å²) in [4.78, 5) is 10.5. The van der Waals surface area contributed by atoms with Gasteiger partial charge < -0.3 is 18.6 Å². The maximum absolute atomic E-state index is 10.5. The molecule has 0 aliphatic heterocycles. The predicted octanol–water partition coefficient (Wildman–Crippen LogP) is 2.69. The number of hydrogen-bond donors (Lipinski definition) is 0. The molecular weight excluding hydrogens is 248 g/mol. The molecule has 0 saturated carbocycles. The topological polar surface area (TPSA) is 57.9 Å². The second-order valence-electron chi connectivity index (χ2n) is 3.76. The van der Waals surface area contributed by atoms with Crippen LogP contribution in [-0.4, -0.2) is 20.5 Å². The molecule has 0 N–H and O–H groups in total. The Kier molecular flexibility index (Phi) is 4.07. The van der Waals surface area contributed by atoms with Crippen LogP contribution in [0.5, 0.6) is 17.2 Å². The fraction of sp³-hybridized carbons (Fsp3) is 0.214. The first-order valence-electron chi connectivity index (χ1n) is 5.65. The third-order valence-electron chi connectivity index (χ3n) is 2.50. The third-order valence-corrected chi connectivity index (χ3v) is 2.50. The fourth-order valence-electron chi connectivity index (χ4n) is 1.55. The number of carbonyl (C=O) groups is 1. The lowest BCUT2D eigenvalue weighted by atomic mass is 10.3. The summed E-state index contributed by atoms with van der Waals surface area (Å²) < 4.78 is 21.1. The predicted molar refractivity (Wildman–Crippen MR) is 68.0 cm³/mol. The maximum Gasteiger partial charge on any atom is 0.185 e. The van der Waals surface area contributed by atoms with E-state index < -0.39 is 0 Å². The standard InChI is InChI=1S/C14H14O5/c1-16-12-5-13(17-2)7-14(6-12)18-9-11-4-3-10(8-15)19-11/h3-8H,9H2,1-2H3. The van der Waals surface area contributed by atoms with Crippen molar-refractivity contribution in [3.05, 3.63) is 41.9 Å². The van der Waals surface area contributed by atoms with Gasteiger partial charge in [0, 0.05) is 18.2 Å². The molecule has 0 aliphatic carbocycles. The Labute approximate surface area is 110 Å². The molecule has 0 fully saturated rings. The molecule has 0 amide bonds. The molecule has 0 unspecified atom stereocenters. The molecule has 1 heterocycles. The zero-order valence-electron chi connectivity index (χ0n) is 10.7. The van der Waals surface area contributed by atoms with Gasteiger partial charge in [0.2, 0.25) is 0 Å². The van der Waals surface area contributed by atoms with Crippen LogP contribution < -0.4 is 14.2 Å². The van der Waals surface area contributed by atoms with Crippen LogP contribution in [0, 0.1) is 0 Å². The number of ether oxygens (including phenoxy) is 3. The molecule has 2 aromatic rings. The van der Waals surface area contributed by atoms with Gasteiger partial charge in [0.05, 0.1) is 14.2 Å². The van der Waals surface area contributed by atoms with E-state index in [2.05, 4.69) is 0 Å². The summed E-state index contributed by atoms with van der Waals surface area (Å²) in [5.74, 6) is 2.73. The van der Waals surface area contributed by atoms with Gasteiger partial charge in [0.25, 0.3) is 0 Å². The van der Waals surface area contributed by atoms with Crippen molar-refractivity contribution >= 4 is 6.29 Å². The van der Waals surface area contributed by atoms with Gasteiger partial charge in [-0.1, -0.05) is 0 Å². The van der Waals surface area contributed by atoms with E-state index in [1.165, 1.54) is 0 Å². The van der Waals surface area contributed by atoms with Gasteiger partial charge in [-0.25, -0.2) is 0 Å². The zero-order valence-corrected chi connectivity index (χ0v) is 10.7. The second kappa shape index (κ2) is 5.95. The Morgan fingerprint density at radius 3 is 2.21 bits per heavy atom. The Bertz CT molecular complexity index is 536. The Morgan fingerprint density at radius 2 is 1.68 bits per heavy atom. The molecule has 0 spiro atoms. The Hall–Kier alpha value is -2.43. The van der Waals surface area contributed by atoms with Gasteiger partial charge in [0.15, 0.2) is 12.0 Å². The van der Waals surface area contributed by atoms with Crippen LogP contribution in [0.4, 0.5) is 0 Å². The number of rotatable bonds is 6.